The molecule has 0 aliphatic rings. The van der Waals surface area contributed by atoms with Gasteiger partial charge in [0.25, 0.3) is 0 Å². The third kappa shape index (κ3) is 2.88. The van der Waals surface area contributed by atoms with Gasteiger partial charge in [-0.1, -0.05) is 6.92 Å². The Morgan fingerprint density at radius 2 is 2.40 bits per heavy atom. The van der Waals surface area contributed by atoms with Crippen molar-refractivity contribution < 1.29 is 9.90 Å². The molecule has 2 N–H and O–H groups in total. The van der Waals surface area contributed by atoms with Crippen molar-refractivity contribution in [1.29, 1.82) is 5.41 Å². The van der Waals surface area contributed by atoms with Gasteiger partial charge in [-0.25, -0.2) is 4.79 Å². The summed E-state index contributed by atoms with van der Waals surface area (Å²) >= 11 is 0. The van der Waals surface area contributed by atoms with E-state index in [9.17, 15) is 4.79 Å². The highest BCUT2D eigenvalue weighted by Gasteiger charge is 2.08. The number of nitrogens with one attached hydrogen (secondary N) is 1. The van der Waals surface area contributed by atoms with Gasteiger partial charge in [0, 0.05) is 12.3 Å². The molecule has 0 heterocycles. The van der Waals surface area contributed by atoms with Gasteiger partial charge >= 0.3 is 5.97 Å². The fourth-order valence-electron chi connectivity index (χ4n) is 0.452. The first-order valence-corrected chi connectivity index (χ1v) is 2.84. The highest BCUT2D eigenvalue weighted by atomic mass is 16.4. The molecule has 3 nitrogen and oxygen atoms in total. The van der Waals surface area contributed by atoms with E-state index < -0.39 is 5.97 Å². The van der Waals surface area contributed by atoms with E-state index in [0.29, 0.717) is 0 Å². The molecule has 10 heavy (non-hydrogen) atoms. The molecule has 0 aliphatic heterocycles. The van der Waals surface area contributed by atoms with Crippen LogP contribution in [0.2, 0.25) is 0 Å². The summed E-state index contributed by atoms with van der Waals surface area (Å²) in [6.45, 7) is 1.71. The van der Waals surface area contributed by atoms with Crippen molar-refractivity contribution >= 4 is 11.7 Å². The van der Waals surface area contributed by atoms with Gasteiger partial charge in [-0.05, 0) is 0 Å². The van der Waals surface area contributed by atoms with Crippen LogP contribution in [-0.2, 0) is 4.79 Å². The van der Waals surface area contributed by atoms with Crippen LogP contribution in [0.1, 0.15) is 13.3 Å². The van der Waals surface area contributed by atoms with Crippen LogP contribution in [0.25, 0.3) is 0 Å². The van der Waals surface area contributed by atoms with Gasteiger partial charge in [0.15, 0.2) is 0 Å². The van der Waals surface area contributed by atoms with E-state index in [4.69, 9.17) is 16.9 Å². The Bertz CT molecular complexity index is 190. The molecule has 1 atom stereocenters. The lowest BCUT2D eigenvalue weighted by molar-refractivity contribution is -0.129. The van der Waals surface area contributed by atoms with Crippen molar-refractivity contribution in [2.45, 2.75) is 13.3 Å². The van der Waals surface area contributed by atoms with E-state index in [2.05, 4.69) is 5.92 Å². The largest absolute Gasteiger partial charge is 0.477 e. The summed E-state index contributed by atoms with van der Waals surface area (Å²) in [5.41, 5.74) is -0.328. The zero-order chi connectivity index (χ0) is 8.15. The summed E-state index contributed by atoms with van der Waals surface area (Å²) in [7, 11) is 0. The van der Waals surface area contributed by atoms with Crippen molar-refractivity contribution in [2.75, 3.05) is 0 Å². The van der Waals surface area contributed by atoms with E-state index in [1.165, 1.54) is 0 Å². The number of terminal acetylenes is 1. The Kier molecular flexibility index (Phi) is 3.20. The van der Waals surface area contributed by atoms with E-state index in [-0.39, 0.29) is 18.1 Å². The highest BCUT2D eigenvalue weighted by molar-refractivity contribution is 6.34. The normalized spacial score (nSPS) is 11.6. The molecule has 3 heteroatoms. The molecule has 0 amide bonds. The van der Waals surface area contributed by atoms with E-state index in [1.54, 1.807) is 6.92 Å². The number of aliphatic carboxylic acids is 1. The Balaban J connectivity index is 3.83. The third-order valence-electron chi connectivity index (χ3n) is 1.05. The molecule has 0 saturated carbocycles. The van der Waals surface area contributed by atoms with Crippen molar-refractivity contribution in [3.63, 3.8) is 0 Å². The summed E-state index contributed by atoms with van der Waals surface area (Å²) in [5.74, 6) is 0.991. The standard InChI is InChI=1S/C7H9NO2/c1-3-5(2)4-6(8)7(9)10/h1,5,8H,4H2,2H3,(H,9,10). The lowest BCUT2D eigenvalue weighted by Crippen LogP contribution is -2.14. The molecule has 0 spiro atoms. The van der Waals surface area contributed by atoms with E-state index in [0.717, 1.165) is 0 Å². The molecule has 0 aromatic carbocycles. The minimum atomic E-state index is -1.19. The van der Waals surface area contributed by atoms with Gasteiger partial charge in [0.1, 0.15) is 5.71 Å². The second-order valence-corrected chi connectivity index (χ2v) is 2.06. The van der Waals surface area contributed by atoms with Crippen molar-refractivity contribution in [1.82, 2.24) is 0 Å². The number of hydrogen-bond acceptors (Lipinski definition) is 2. The van der Waals surface area contributed by atoms with Gasteiger partial charge < -0.3 is 5.11 Å². The Labute approximate surface area is 59.6 Å². The first kappa shape index (κ1) is 8.70. The maximum Gasteiger partial charge on any atom is 0.349 e. The Morgan fingerprint density at radius 3 is 2.70 bits per heavy atom. The second kappa shape index (κ2) is 3.67. The average Bonchev–Trinajstić information content (AvgIpc) is 1.87. The van der Waals surface area contributed by atoms with Gasteiger partial charge in [0.2, 0.25) is 0 Å². The van der Waals surface area contributed by atoms with Crippen LogP contribution >= 0.6 is 0 Å². The molecule has 0 bridgehead atoms. The SMILES string of the molecule is C#CC(C)CC(=N)C(=O)O. The summed E-state index contributed by atoms with van der Waals surface area (Å²) in [4.78, 5) is 10.1. The lowest BCUT2D eigenvalue weighted by atomic mass is 10.1. The first-order chi connectivity index (χ1) is 4.57. The molecule has 0 rings (SSSR count). The van der Waals surface area contributed by atoms with Crippen LogP contribution in [0.15, 0.2) is 0 Å². The number of carbonyl (C=O) groups is 1. The van der Waals surface area contributed by atoms with Crippen LogP contribution < -0.4 is 0 Å². The predicted octanol–water partition coefficient (Wildman–Crippen LogP) is 0.750. The van der Waals surface area contributed by atoms with Crippen LogP contribution in [0.5, 0.6) is 0 Å². The number of hydrogen-bond donors (Lipinski definition) is 2. The van der Waals surface area contributed by atoms with Crippen molar-refractivity contribution in [3.05, 3.63) is 0 Å². The van der Waals surface area contributed by atoms with Crippen LogP contribution in [0.3, 0.4) is 0 Å². The van der Waals surface area contributed by atoms with Crippen molar-refractivity contribution in [3.8, 4) is 12.3 Å². The Morgan fingerprint density at radius 1 is 1.90 bits per heavy atom. The van der Waals surface area contributed by atoms with Gasteiger partial charge in [-0.3, -0.25) is 5.41 Å². The lowest BCUT2D eigenvalue weighted by Gasteiger charge is -1.99. The van der Waals surface area contributed by atoms with Crippen LogP contribution in [-0.4, -0.2) is 16.8 Å². The van der Waals surface area contributed by atoms with E-state index >= 15 is 0 Å². The van der Waals surface area contributed by atoms with Crippen LogP contribution in [0.4, 0.5) is 0 Å². The molecule has 0 fully saturated rings. The molecule has 0 aromatic heterocycles. The summed E-state index contributed by atoms with van der Waals surface area (Å²) in [6.07, 6.45) is 5.13. The highest BCUT2D eigenvalue weighted by Crippen LogP contribution is 1.99. The summed E-state index contributed by atoms with van der Waals surface area (Å²) < 4.78 is 0. The van der Waals surface area contributed by atoms with Crippen LogP contribution in [0, 0.1) is 23.7 Å². The third-order valence-corrected chi connectivity index (χ3v) is 1.05. The second-order valence-electron chi connectivity index (χ2n) is 2.06. The smallest absolute Gasteiger partial charge is 0.349 e. The number of carboxylic acid groups (broad SMARTS) is 1. The maximum absolute atomic E-state index is 10.1. The minimum absolute atomic E-state index is 0.145. The van der Waals surface area contributed by atoms with E-state index in [1.807, 2.05) is 0 Å². The first-order valence-electron chi connectivity index (χ1n) is 2.84. The minimum Gasteiger partial charge on any atom is -0.477 e. The molecule has 54 valence electrons. The predicted molar refractivity (Wildman–Crippen MR) is 38.0 cm³/mol. The van der Waals surface area contributed by atoms with Crippen molar-refractivity contribution in [2.24, 2.45) is 5.92 Å². The fraction of sp³-hybridized carbons (Fsp3) is 0.429. The topological polar surface area (TPSA) is 61.2 Å². The summed E-state index contributed by atoms with van der Waals surface area (Å²) in [5, 5.41) is 15.1. The Hall–Kier alpha value is -1.30. The van der Waals surface area contributed by atoms with Gasteiger partial charge in [0.05, 0.1) is 0 Å². The molecule has 0 radical (unpaired) electrons. The molecule has 0 aliphatic carbocycles. The number of carboxylic acids is 1. The fourth-order valence-corrected chi connectivity index (χ4v) is 0.452. The monoisotopic (exact) mass is 139 g/mol. The zero-order valence-corrected chi connectivity index (χ0v) is 5.72. The zero-order valence-electron chi connectivity index (χ0n) is 5.72. The van der Waals surface area contributed by atoms with Gasteiger partial charge in [-0.2, -0.15) is 0 Å². The maximum atomic E-state index is 10.1. The molecule has 1 unspecified atom stereocenters. The van der Waals surface area contributed by atoms with Gasteiger partial charge in [-0.15, -0.1) is 12.3 Å². The molecular formula is C7H9NO2. The quantitative estimate of drug-likeness (QED) is 0.447. The molecule has 0 saturated heterocycles. The number of rotatable bonds is 3. The molecular weight excluding hydrogens is 130 g/mol. The average molecular weight is 139 g/mol. The summed E-state index contributed by atoms with van der Waals surface area (Å²) in [6, 6.07) is 0. The molecule has 0 aromatic rings.